The van der Waals surface area contributed by atoms with Crippen LogP contribution >= 0.6 is 0 Å². The van der Waals surface area contributed by atoms with Gasteiger partial charge in [-0.05, 0) is 5.10 Å². The fourth-order valence-corrected chi connectivity index (χ4v) is 1.80. The van der Waals surface area contributed by atoms with E-state index in [1.165, 1.54) is 0 Å². The van der Waals surface area contributed by atoms with E-state index < -0.39 is 0 Å². The molecule has 1 aliphatic heterocycles. The zero-order valence-corrected chi connectivity index (χ0v) is 8.67. The van der Waals surface area contributed by atoms with Crippen molar-refractivity contribution in [2.75, 3.05) is 0 Å². The molecule has 1 N–H and O–H groups in total. The Kier molecular flexibility index (Phi) is 2.16. The molecule has 2 aromatic rings. The monoisotopic (exact) mass is 209 g/mol. The lowest BCUT2D eigenvalue weighted by Gasteiger charge is -1.99. The molecule has 0 bridgehead atoms. The van der Waals surface area contributed by atoms with Crippen LogP contribution in [-0.4, -0.2) is 11.2 Å². The summed E-state index contributed by atoms with van der Waals surface area (Å²) in [5.74, 6) is 0. The van der Waals surface area contributed by atoms with E-state index in [2.05, 4.69) is 22.2 Å². The van der Waals surface area contributed by atoms with Crippen LogP contribution in [0.15, 0.2) is 60.0 Å². The number of anilines is 1. The van der Waals surface area contributed by atoms with Crippen LogP contribution in [0, 0.1) is 0 Å². The molecule has 77 valence electrons. The molecule has 0 spiro atoms. The topological polar surface area (TPSA) is 34.0 Å². The van der Waals surface area contributed by atoms with E-state index in [9.17, 15) is 0 Å². The highest BCUT2D eigenvalue weighted by molar-refractivity contribution is 5.78. The minimum atomic E-state index is 1.07. The SMILES string of the molecule is C1=C[N+](c2cc[nH]c2-c2ccccc2)N=C1. The van der Waals surface area contributed by atoms with Crippen LogP contribution in [-0.2, 0) is 0 Å². The summed E-state index contributed by atoms with van der Waals surface area (Å²) >= 11 is 0. The molecule has 0 aliphatic carbocycles. The predicted octanol–water partition coefficient (Wildman–Crippen LogP) is 2.97. The zero-order valence-electron chi connectivity index (χ0n) is 8.67. The number of aromatic nitrogens is 1. The van der Waals surface area contributed by atoms with E-state index in [1.807, 2.05) is 47.7 Å². The van der Waals surface area contributed by atoms with Gasteiger partial charge in [-0.2, -0.15) is 0 Å². The van der Waals surface area contributed by atoms with Gasteiger partial charge in [0.1, 0.15) is 5.69 Å². The van der Waals surface area contributed by atoms with E-state index in [1.54, 1.807) is 6.21 Å². The van der Waals surface area contributed by atoms with Crippen molar-refractivity contribution < 1.29 is 0 Å². The van der Waals surface area contributed by atoms with Crippen molar-refractivity contribution in [3.05, 3.63) is 54.9 Å². The van der Waals surface area contributed by atoms with Crippen molar-refractivity contribution in [2.45, 2.75) is 0 Å². The second-order valence-corrected chi connectivity index (χ2v) is 3.55. The Hall–Kier alpha value is -2.13. The molecular formula is C13H11N3+. The van der Waals surface area contributed by atoms with Crippen molar-refractivity contribution in [1.82, 2.24) is 9.99 Å². The molecule has 0 saturated carbocycles. The number of hydrogen-bond donors (Lipinski definition) is 1. The summed E-state index contributed by atoms with van der Waals surface area (Å²) in [6.07, 6.45) is 7.57. The van der Waals surface area contributed by atoms with Crippen LogP contribution in [0.2, 0.25) is 0 Å². The van der Waals surface area contributed by atoms with Gasteiger partial charge in [0.25, 0.3) is 0 Å². The Balaban J connectivity index is 2.06. The maximum atomic E-state index is 4.24. The standard InChI is InChI=1S/C13H11N3/c1-2-5-11(6-3-1)13-12(7-9-14-13)16-10-4-8-15-16/h1-10,14H/q+1. The Morgan fingerprint density at radius 3 is 2.69 bits per heavy atom. The van der Waals surface area contributed by atoms with Gasteiger partial charge < -0.3 is 4.98 Å². The number of hydrogen-bond acceptors (Lipinski definition) is 2. The lowest BCUT2D eigenvalue weighted by Crippen LogP contribution is -2.05. The highest BCUT2D eigenvalue weighted by Crippen LogP contribution is 2.30. The van der Waals surface area contributed by atoms with Gasteiger partial charge in [0, 0.05) is 28.9 Å². The maximum absolute atomic E-state index is 4.24. The minimum Gasteiger partial charge on any atom is -0.356 e. The van der Waals surface area contributed by atoms with Gasteiger partial charge >= 0.3 is 0 Å². The van der Waals surface area contributed by atoms with Crippen molar-refractivity contribution in [3.8, 4) is 11.3 Å². The van der Waals surface area contributed by atoms with E-state index >= 15 is 0 Å². The van der Waals surface area contributed by atoms with Gasteiger partial charge in [0.15, 0.2) is 6.20 Å². The van der Waals surface area contributed by atoms with Crippen LogP contribution in [0.3, 0.4) is 0 Å². The Morgan fingerprint density at radius 2 is 1.94 bits per heavy atom. The molecule has 1 aliphatic rings. The van der Waals surface area contributed by atoms with Gasteiger partial charge in [0.05, 0.1) is 6.21 Å². The second kappa shape index (κ2) is 3.79. The van der Waals surface area contributed by atoms with E-state index in [-0.39, 0.29) is 0 Å². The number of hydrazone groups is 1. The summed E-state index contributed by atoms with van der Waals surface area (Å²) in [6, 6.07) is 12.3. The van der Waals surface area contributed by atoms with Gasteiger partial charge in [-0.25, -0.2) is 0 Å². The predicted molar refractivity (Wildman–Crippen MR) is 65.7 cm³/mol. The molecule has 1 radical (unpaired) electrons. The largest absolute Gasteiger partial charge is 0.356 e. The fraction of sp³-hybridized carbons (Fsp3) is 0. The molecule has 0 fully saturated rings. The number of nitrogens with zero attached hydrogens (tertiary/aromatic N) is 2. The number of H-pyrrole nitrogens is 1. The van der Waals surface area contributed by atoms with Gasteiger partial charge in [-0.15, -0.1) is 0 Å². The lowest BCUT2D eigenvalue weighted by molar-refractivity contribution is 0.757. The quantitative estimate of drug-likeness (QED) is 0.738. The first-order chi connectivity index (χ1) is 7.95. The molecule has 3 rings (SSSR count). The number of rotatable bonds is 2. The number of benzene rings is 1. The summed E-state index contributed by atoms with van der Waals surface area (Å²) in [7, 11) is 0. The molecule has 1 aromatic heterocycles. The summed E-state index contributed by atoms with van der Waals surface area (Å²) in [5.41, 5.74) is 3.32. The van der Waals surface area contributed by atoms with Crippen LogP contribution in [0.5, 0.6) is 0 Å². The Bertz CT molecular complexity index is 525. The average Bonchev–Trinajstić information content (AvgIpc) is 3.01. The van der Waals surface area contributed by atoms with Crippen molar-refractivity contribution in [3.63, 3.8) is 0 Å². The van der Waals surface area contributed by atoms with Crippen molar-refractivity contribution >= 4 is 11.9 Å². The van der Waals surface area contributed by atoms with Gasteiger partial charge in [-0.1, -0.05) is 30.3 Å². The normalized spacial score (nSPS) is 14.8. The highest BCUT2D eigenvalue weighted by atomic mass is 15.5. The molecule has 0 amide bonds. The zero-order chi connectivity index (χ0) is 10.8. The maximum Gasteiger partial charge on any atom is 0.243 e. The van der Waals surface area contributed by atoms with E-state index in [4.69, 9.17) is 0 Å². The van der Waals surface area contributed by atoms with Crippen molar-refractivity contribution in [1.29, 1.82) is 0 Å². The lowest BCUT2D eigenvalue weighted by atomic mass is 10.1. The highest BCUT2D eigenvalue weighted by Gasteiger charge is 2.24. The van der Waals surface area contributed by atoms with Crippen molar-refractivity contribution in [2.24, 2.45) is 5.10 Å². The van der Waals surface area contributed by atoms with E-state index in [0.29, 0.717) is 0 Å². The Labute approximate surface area is 93.7 Å². The summed E-state index contributed by atoms with van der Waals surface area (Å²) in [4.78, 5) is 3.25. The molecule has 0 saturated heterocycles. The molecule has 2 heterocycles. The molecule has 16 heavy (non-hydrogen) atoms. The average molecular weight is 209 g/mol. The molecular weight excluding hydrogens is 198 g/mol. The fourth-order valence-electron chi connectivity index (χ4n) is 1.80. The Morgan fingerprint density at radius 1 is 1.06 bits per heavy atom. The first kappa shape index (κ1) is 9.12. The molecule has 0 unspecified atom stereocenters. The molecule has 1 aromatic carbocycles. The van der Waals surface area contributed by atoms with Crippen LogP contribution in [0.25, 0.3) is 11.3 Å². The van der Waals surface area contributed by atoms with Gasteiger partial charge in [-0.3, -0.25) is 0 Å². The molecule has 3 heteroatoms. The summed E-state index contributed by atoms with van der Waals surface area (Å²) in [5, 5.41) is 6.10. The third kappa shape index (κ3) is 1.47. The number of nitrogens with one attached hydrogen (secondary N) is 1. The van der Waals surface area contributed by atoms with Gasteiger partial charge in [0.2, 0.25) is 5.69 Å². The number of aromatic amines is 1. The smallest absolute Gasteiger partial charge is 0.243 e. The third-order valence-electron chi connectivity index (χ3n) is 2.54. The first-order valence-corrected chi connectivity index (χ1v) is 5.18. The summed E-state index contributed by atoms with van der Waals surface area (Å²) < 4.78 is 0. The number of allylic oxidation sites excluding steroid dienone is 1. The minimum absolute atomic E-state index is 1.07. The van der Waals surface area contributed by atoms with E-state index in [0.717, 1.165) is 16.9 Å². The molecule has 3 nitrogen and oxygen atoms in total. The first-order valence-electron chi connectivity index (χ1n) is 5.18. The molecule has 0 atom stereocenters. The summed E-state index contributed by atoms with van der Waals surface area (Å²) in [6.45, 7) is 0. The van der Waals surface area contributed by atoms with Crippen LogP contribution in [0.1, 0.15) is 0 Å². The van der Waals surface area contributed by atoms with Crippen LogP contribution < -0.4 is 5.01 Å². The van der Waals surface area contributed by atoms with Crippen LogP contribution in [0.4, 0.5) is 5.69 Å². The third-order valence-corrected chi connectivity index (χ3v) is 2.54. The second-order valence-electron chi connectivity index (χ2n) is 3.55.